The number of piperidine rings is 1. The van der Waals surface area contributed by atoms with Crippen LogP contribution in [0.2, 0.25) is 0 Å². The van der Waals surface area contributed by atoms with Crippen molar-refractivity contribution in [2.24, 2.45) is 18.7 Å². The molecule has 1 aromatic rings. The Hall–Kier alpha value is -1.61. The highest BCUT2D eigenvalue weighted by molar-refractivity contribution is 7.89. The van der Waals surface area contributed by atoms with Gasteiger partial charge in [0, 0.05) is 20.1 Å². The Labute approximate surface area is 111 Å². The standard InChI is InChI=1S/C10H17N5O3S/c1-14-6-13-8(11)10(14)19(17,18)15-4-2-3-7(5-15)9(12)16/h6-7H,2-5,11H2,1H3,(H2,12,16). The number of anilines is 1. The van der Waals surface area contributed by atoms with Crippen LogP contribution in [0, 0.1) is 5.92 Å². The van der Waals surface area contributed by atoms with E-state index in [1.54, 1.807) is 7.05 Å². The third-order valence-electron chi connectivity index (χ3n) is 3.28. The number of aromatic nitrogens is 2. The van der Waals surface area contributed by atoms with Gasteiger partial charge in [0.25, 0.3) is 10.0 Å². The van der Waals surface area contributed by atoms with Crippen LogP contribution in [0.15, 0.2) is 11.4 Å². The summed E-state index contributed by atoms with van der Waals surface area (Å²) in [7, 11) is -2.18. The first-order valence-electron chi connectivity index (χ1n) is 5.90. The Kier molecular flexibility index (Phi) is 3.50. The van der Waals surface area contributed by atoms with E-state index in [2.05, 4.69) is 4.98 Å². The Morgan fingerprint density at radius 2 is 2.21 bits per heavy atom. The highest BCUT2D eigenvalue weighted by atomic mass is 32.2. The lowest BCUT2D eigenvalue weighted by Crippen LogP contribution is -2.44. The van der Waals surface area contributed by atoms with Gasteiger partial charge in [0.15, 0.2) is 10.8 Å². The molecule has 19 heavy (non-hydrogen) atoms. The Morgan fingerprint density at radius 1 is 1.53 bits per heavy atom. The number of aryl methyl sites for hydroxylation is 1. The van der Waals surface area contributed by atoms with Crippen molar-refractivity contribution < 1.29 is 13.2 Å². The van der Waals surface area contributed by atoms with Crippen molar-refractivity contribution >= 4 is 21.7 Å². The molecule has 1 fully saturated rings. The Bertz CT molecular complexity index is 575. The van der Waals surface area contributed by atoms with Gasteiger partial charge in [-0.05, 0) is 12.8 Å². The fourth-order valence-corrected chi connectivity index (χ4v) is 3.98. The fourth-order valence-electron chi connectivity index (χ4n) is 2.27. The number of sulfonamides is 1. The second-order valence-electron chi connectivity index (χ2n) is 4.65. The predicted octanol–water partition coefficient (Wildman–Crippen LogP) is -1.11. The molecule has 0 aromatic carbocycles. The third kappa shape index (κ3) is 2.43. The lowest BCUT2D eigenvalue weighted by molar-refractivity contribution is -0.122. The first kappa shape index (κ1) is 13.8. The number of hydrogen-bond acceptors (Lipinski definition) is 5. The number of primary amides is 1. The largest absolute Gasteiger partial charge is 0.381 e. The first-order chi connectivity index (χ1) is 8.84. The number of nitrogens with two attached hydrogens (primary N) is 2. The number of carbonyl (C=O) groups excluding carboxylic acids is 1. The minimum absolute atomic E-state index is 0.0382. The van der Waals surface area contributed by atoms with Crippen molar-refractivity contribution in [3.63, 3.8) is 0 Å². The minimum atomic E-state index is -3.75. The number of nitrogen functional groups attached to an aromatic ring is 1. The number of rotatable bonds is 3. The maximum absolute atomic E-state index is 12.5. The molecule has 106 valence electrons. The molecule has 1 aromatic heterocycles. The van der Waals surface area contributed by atoms with Crippen LogP contribution in [0.5, 0.6) is 0 Å². The molecule has 2 rings (SSSR count). The zero-order valence-corrected chi connectivity index (χ0v) is 11.4. The molecule has 1 saturated heterocycles. The van der Waals surface area contributed by atoms with Crippen molar-refractivity contribution in [3.8, 4) is 0 Å². The molecule has 8 nitrogen and oxygen atoms in total. The molecule has 1 unspecified atom stereocenters. The van der Waals surface area contributed by atoms with Crippen molar-refractivity contribution in [3.05, 3.63) is 6.33 Å². The van der Waals surface area contributed by atoms with E-state index in [-0.39, 0.29) is 17.4 Å². The van der Waals surface area contributed by atoms with Crippen LogP contribution in [0.1, 0.15) is 12.8 Å². The average Bonchev–Trinajstić information content (AvgIpc) is 2.69. The second kappa shape index (κ2) is 4.82. The number of imidazole rings is 1. The third-order valence-corrected chi connectivity index (χ3v) is 5.28. The van der Waals surface area contributed by atoms with Crippen LogP contribution in [0.4, 0.5) is 5.82 Å². The summed E-state index contributed by atoms with van der Waals surface area (Å²) >= 11 is 0. The second-order valence-corrected chi connectivity index (χ2v) is 6.50. The topological polar surface area (TPSA) is 124 Å². The monoisotopic (exact) mass is 287 g/mol. The summed E-state index contributed by atoms with van der Waals surface area (Å²) in [4.78, 5) is 15.0. The zero-order chi connectivity index (χ0) is 14.2. The average molecular weight is 287 g/mol. The molecule has 1 aliphatic heterocycles. The lowest BCUT2D eigenvalue weighted by atomic mass is 9.99. The van der Waals surface area contributed by atoms with Gasteiger partial charge in [-0.15, -0.1) is 0 Å². The van der Waals surface area contributed by atoms with Crippen LogP contribution in [-0.4, -0.2) is 41.3 Å². The van der Waals surface area contributed by atoms with Crippen molar-refractivity contribution in [1.29, 1.82) is 0 Å². The van der Waals surface area contributed by atoms with E-state index in [0.717, 1.165) is 0 Å². The molecule has 0 radical (unpaired) electrons. The van der Waals surface area contributed by atoms with Gasteiger partial charge in [-0.25, -0.2) is 13.4 Å². The maximum atomic E-state index is 12.5. The highest BCUT2D eigenvalue weighted by Gasteiger charge is 2.35. The summed E-state index contributed by atoms with van der Waals surface area (Å²) in [6, 6.07) is 0. The molecule has 0 spiro atoms. The fraction of sp³-hybridized carbons (Fsp3) is 0.600. The molecule has 0 bridgehead atoms. The Morgan fingerprint density at radius 3 is 2.74 bits per heavy atom. The molecule has 0 saturated carbocycles. The first-order valence-corrected chi connectivity index (χ1v) is 7.34. The van der Waals surface area contributed by atoms with Crippen LogP contribution in [0.25, 0.3) is 0 Å². The van der Waals surface area contributed by atoms with E-state index in [4.69, 9.17) is 11.5 Å². The van der Waals surface area contributed by atoms with Gasteiger partial charge >= 0.3 is 0 Å². The molecule has 0 aliphatic carbocycles. The lowest BCUT2D eigenvalue weighted by Gasteiger charge is -2.30. The van der Waals surface area contributed by atoms with Crippen molar-refractivity contribution in [2.45, 2.75) is 17.9 Å². The zero-order valence-electron chi connectivity index (χ0n) is 10.6. The smallest absolute Gasteiger partial charge is 0.262 e. The predicted molar refractivity (Wildman–Crippen MR) is 68.3 cm³/mol. The van der Waals surface area contributed by atoms with Crippen LogP contribution >= 0.6 is 0 Å². The van der Waals surface area contributed by atoms with E-state index >= 15 is 0 Å². The highest BCUT2D eigenvalue weighted by Crippen LogP contribution is 2.25. The van der Waals surface area contributed by atoms with Crippen LogP contribution < -0.4 is 11.5 Å². The molecule has 1 atom stereocenters. The van der Waals surface area contributed by atoms with Crippen molar-refractivity contribution in [1.82, 2.24) is 13.9 Å². The maximum Gasteiger partial charge on any atom is 0.262 e. The molecule has 1 amide bonds. The van der Waals surface area contributed by atoms with Gasteiger partial charge in [-0.1, -0.05) is 0 Å². The summed E-state index contributed by atoms with van der Waals surface area (Å²) in [5, 5.41) is -0.0439. The summed E-state index contributed by atoms with van der Waals surface area (Å²) in [6.45, 7) is 0.457. The normalized spacial score (nSPS) is 21.4. The van der Waals surface area contributed by atoms with E-state index < -0.39 is 21.8 Å². The molecular weight excluding hydrogens is 270 g/mol. The van der Waals surface area contributed by atoms with Gasteiger partial charge in [-0.3, -0.25) is 4.79 Å². The van der Waals surface area contributed by atoms with Gasteiger partial charge < -0.3 is 16.0 Å². The van der Waals surface area contributed by atoms with Gasteiger partial charge in [0.05, 0.1) is 12.2 Å². The quantitative estimate of drug-likeness (QED) is 0.729. The van der Waals surface area contributed by atoms with Gasteiger partial charge in [-0.2, -0.15) is 4.31 Å². The molecule has 9 heteroatoms. The summed E-state index contributed by atoms with van der Waals surface area (Å²) in [5.41, 5.74) is 10.8. The van der Waals surface area contributed by atoms with E-state index in [9.17, 15) is 13.2 Å². The summed E-state index contributed by atoms with van der Waals surface area (Å²) in [5.74, 6) is -0.959. The summed E-state index contributed by atoms with van der Waals surface area (Å²) in [6.07, 6.45) is 2.56. The molecule has 1 aliphatic rings. The number of nitrogens with zero attached hydrogens (tertiary/aromatic N) is 3. The van der Waals surface area contributed by atoms with E-state index in [1.165, 1.54) is 15.2 Å². The minimum Gasteiger partial charge on any atom is -0.381 e. The van der Waals surface area contributed by atoms with Gasteiger partial charge in [0.2, 0.25) is 5.91 Å². The van der Waals surface area contributed by atoms with E-state index in [0.29, 0.717) is 19.4 Å². The molecule has 4 N–H and O–H groups in total. The van der Waals surface area contributed by atoms with Crippen molar-refractivity contribution in [2.75, 3.05) is 18.8 Å². The number of hydrogen-bond donors (Lipinski definition) is 2. The Balaban J connectivity index is 2.32. The number of carbonyl (C=O) groups is 1. The number of amides is 1. The van der Waals surface area contributed by atoms with E-state index in [1.807, 2.05) is 0 Å². The molecule has 2 heterocycles. The van der Waals surface area contributed by atoms with Gasteiger partial charge in [0.1, 0.15) is 0 Å². The van der Waals surface area contributed by atoms with Crippen LogP contribution in [0.3, 0.4) is 0 Å². The molecular formula is C10H17N5O3S. The van der Waals surface area contributed by atoms with Crippen LogP contribution in [-0.2, 0) is 21.9 Å². The SMILES string of the molecule is Cn1cnc(N)c1S(=O)(=O)N1CCCC(C(N)=O)C1. The summed E-state index contributed by atoms with van der Waals surface area (Å²) < 4.78 is 27.6.